The normalized spacial score (nSPS) is 12.9. The molecule has 3 N–H and O–H groups in total. The molecule has 0 radical (unpaired) electrons. The molecular formula is C26H23IN2O5. The van der Waals surface area contributed by atoms with E-state index in [4.69, 9.17) is 9.84 Å². The molecule has 2 amide bonds. The van der Waals surface area contributed by atoms with Gasteiger partial charge < -0.3 is 15.2 Å². The van der Waals surface area contributed by atoms with Gasteiger partial charge in [-0.15, -0.1) is 0 Å². The van der Waals surface area contributed by atoms with Crippen molar-refractivity contribution in [3.8, 4) is 11.1 Å². The van der Waals surface area contributed by atoms with Crippen LogP contribution in [0, 0.1) is 3.57 Å². The van der Waals surface area contributed by atoms with Gasteiger partial charge in [0, 0.05) is 21.1 Å². The largest absolute Gasteiger partial charge is 0.481 e. The highest BCUT2D eigenvalue weighted by atomic mass is 127. The molecule has 3 aromatic rings. The van der Waals surface area contributed by atoms with E-state index in [1.807, 2.05) is 46.9 Å². The Balaban J connectivity index is 1.38. The molecule has 0 bridgehead atoms. The number of rotatable bonds is 7. The van der Waals surface area contributed by atoms with Crippen LogP contribution in [-0.4, -0.2) is 35.7 Å². The van der Waals surface area contributed by atoms with Crippen LogP contribution in [0.5, 0.6) is 0 Å². The van der Waals surface area contributed by atoms with Gasteiger partial charge in [0.25, 0.3) is 5.91 Å². The molecule has 0 saturated carbocycles. The summed E-state index contributed by atoms with van der Waals surface area (Å²) in [6.07, 6.45) is -0.739. The van der Waals surface area contributed by atoms with E-state index in [2.05, 4.69) is 34.9 Å². The minimum absolute atomic E-state index is 0.0314. The number of hydrogen-bond donors (Lipinski definition) is 3. The van der Waals surface area contributed by atoms with Crippen LogP contribution in [0.2, 0.25) is 0 Å². The Morgan fingerprint density at radius 1 is 1.00 bits per heavy atom. The van der Waals surface area contributed by atoms with Crippen molar-refractivity contribution in [1.82, 2.24) is 5.32 Å². The minimum atomic E-state index is -0.981. The van der Waals surface area contributed by atoms with Crippen LogP contribution in [-0.2, 0) is 9.53 Å². The Labute approximate surface area is 210 Å². The average Bonchev–Trinajstić information content (AvgIpc) is 3.12. The standard InChI is InChI=1S/C26H23IN2O5/c1-15(12-24(30)31)28-25(32)16-10-11-23(22(27)13-16)29-26(33)34-14-21-19-8-4-2-6-17(19)18-7-3-5-9-20(18)21/h2-11,13,15,21H,12,14H2,1H3,(H,28,32)(H,29,33)(H,30,31). The number of carboxylic acid groups (broad SMARTS) is 1. The third-order valence-electron chi connectivity index (χ3n) is 5.67. The van der Waals surface area contributed by atoms with Crippen molar-refractivity contribution in [2.24, 2.45) is 0 Å². The van der Waals surface area contributed by atoms with E-state index >= 15 is 0 Å². The number of fused-ring (bicyclic) bond motifs is 3. The molecular weight excluding hydrogens is 547 g/mol. The van der Waals surface area contributed by atoms with Crippen LogP contribution in [0.4, 0.5) is 10.5 Å². The van der Waals surface area contributed by atoms with E-state index in [1.54, 1.807) is 25.1 Å². The predicted octanol–water partition coefficient (Wildman–Crippen LogP) is 5.25. The molecule has 0 heterocycles. The summed E-state index contributed by atoms with van der Waals surface area (Å²) in [6.45, 7) is 1.84. The van der Waals surface area contributed by atoms with E-state index in [0.29, 0.717) is 14.8 Å². The molecule has 7 nitrogen and oxygen atoms in total. The van der Waals surface area contributed by atoms with E-state index < -0.39 is 18.1 Å². The number of amides is 2. The summed E-state index contributed by atoms with van der Waals surface area (Å²) in [5.74, 6) is -1.39. The number of anilines is 1. The van der Waals surface area contributed by atoms with Crippen molar-refractivity contribution >= 4 is 46.2 Å². The first-order chi connectivity index (χ1) is 16.3. The van der Waals surface area contributed by atoms with Crippen LogP contribution in [0.1, 0.15) is 40.7 Å². The Kier molecular flexibility index (Phi) is 7.16. The van der Waals surface area contributed by atoms with Crippen LogP contribution in [0.25, 0.3) is 11.1 Å². The maximum absolute atomic E-state index is 12.5. The molecule has 34 heavy (non-hydrogen) atoms. The Morgan fingerprint density at radius 3 is 2.21 bits per heavy atom. The number of carbonyl (C=O) groups excluding carboxylic acids is 2. The van der Waals surface area contributed by atoms with E-state index in [1.165, 1.54) is 0 Å². The second-order valence-electron chi connectivity index (χ2n) is 8.12. The lowest BCUT2D eigenvalue weighted by Crippen LogP contribution is -2.34. The molecule has 0 aliphatic heterocycles. The van der Waals surface area contributed by atoms with Gasteiger partial charge in [0.05, 0.1) is 12.1 Å². The molecule has 1 aliphatic carbocycles. The Bertz CT molecular complexity index is 1210. The van der Waals surface area contributed by atoms with Crippen LogP contribution >= 0.6 is 22.6 Å². The van der Waals surface area contributed by atoms with Crippen molar-refractivity contribution in [3.05, 3.63) is 87.0 Å². The zero-order valence-corrected chi connectivity index (χ0v) is 20.5. The van der Waals surface area contributed by atoms with Gasteiger partial charge in [0.1, 0.15) is 6.61 Å². The third kappa shape index (κ3) is 5.22. The molecule has 174 valence electrons. The highest BCUT2D eigenvalue weighted by molar-refractivity contribution is 14.1. The lowest BCUT2D eigenvalue weighted by Gasteiger charge is -2.15. The second-order valence-corrected chi connectivity index (χ2v) is 9.28. The number of ether oxygens (including phenoxy) is 1. The SMILES string of the molecule is CC(CC(=O)O)NC(=O)c1ccc(NC(=O)OCC2c3ccccc3-c3ccccc32)c(I)c1. The summed E-state index contributed by atoms with van der Waals surface area (Å²) in [5, 5.41) is 14.2. The van der Waals surface area contributed by atoms with Crippen LogP contribution in [0.15, 0.2) is 66.7 Å². The monoisotopic (exact) mass is 570 g/mol. The fourth-order valence-electron chi connectivity index (χ4n) is 4.12. The fraction of sp³-hybridized carbons (Fsp3) is 0.192. The van der Waals surface area contributed by atoms with Crippen LogP contribution < -0.4 is 10.6 Å². The van der Waals surface area contributed by atoms with Crippen molar-refractivity contribution in [3.63, 3.8) is 0 Å². The zero-order valence-electron chi connectivity index (χ0n) is 18.4. The van der Waals surface area contributed by atoms with Crippen molar-refractivity contribution in [2.75, 3.05) is 11.9 Å². The van der Waals surface area contributed by atoms with Gasteiger partial charge in [-0.2, -0.15) is 0 Å². The summed E-state index contributed by atoms with van der Waals surface area (Å²) in [7, 11) is 0. The maximum Gasteiger partial charge on any atom is 0.411 e. The molecule has 0 aromatic heterocycles. The Hall–Kier alpha value is -3.40. The fourth-order valence-corrected chi connectivity index (χ4v) is 4.77. The van der Waals surface area contributed by atoms with Gasteiger partial charge in [-0.1, -0.05) is 48.5 Å². The summed E-state index contributed by atoms with van der Waals surface area (Å²) in [4.78, 5) is 35.7. The topological polar surface area (TPSA) is 105 Å². The molecule has 4 rings (SSSR count). The van der Waals surface area contributed by atoms with Crippen LogP contribution in [0.3, 0.4) is 0 Å². The molecule has 3 aromatic carbocycles. The highest BCUT2D eigenvalue weighted by Gasteiger charge is 2.29. The first-order valence-electron chi connectivity index (χ1n) is 10.8. The number of carbonyl (C=O) groups is 3. The maximum atomic E-state index is 12.5. The van der Waals surface area contributed by atoms with Gasteiger partial charge in [0.15, 0.2) is 0 Å². The van der Waals surface area contributed by atoms with Crippen molar-refractivity contribution in [1.29, 1.82) is 0 Å². The average molecular weight is 570 g/mol. The molecule has 0 spiro atoms. The van der Waals surface area contributed by atoms with Gasteiger partial charge in [-0.3, -0.25) is 14.9 Å². The van der Waals surface area contributed by atoms with Crippen molar-refractivity contribution in [2.45, 2.75) is 25.3 Å². The summed E-state index contributed by atoms with van der Waals surface area (Å²) >= 11 is 2.03. The summed E-state index contributed by atoms with van der Waals surface area (Å²) < 4.78 is 6.23. The number of aliphatic carboxylic acids is 1. The second kappa shape index (κ2) is 10.3. The van der Waals surface area contributed by atoms with Gasteiger partial charge in [-0.05, 0) is 70.0 Å². The summed E-state index contributed by atoms with van der Waals surface area (Å²) in [5.41, 5.74) is 5.49. The van der Waals surface area contributed by atoms with Gasteiger partial charge >= 0.3 is 12.1 Å². The number of benzene rings is 3. The van der Waals surface area contributed by atoms with Gasteiger partial charge in [0.2, 0.25) is 0 Å². The Morgan fingerprint density at radius 2 is 1.62 bits per heavy atom. The lowest BCUT2D eigenvalue weighted by molar-refractivity contribution is -0.137. The number of hydrogen-bond acceptors (Lipinski definition) is 4. The molecule has 0 saturated heterocycles. The van der Waals surface area contributed by atoms with E-state index in [0.717, 1.165) is 22.3 Å². The number of nitrogens with one attached hydrogen (secondary N) is 2. The predicted molar refractivity (Wildman–Crippen MR) is 137 cm³/mol. The van der Waals surface area contributed by atoms with E-state index in [-0.39, 0.29) is 24.9 Å². The molecule has 1 aliphatic rings. The zero-order chi connectivity index (χ0) is 24.2. The first kappa shape index (κ1) is 23.7. The minimum Gasteiger partial charge on any atom is -0.481 e. The smallest absolute Gasteiger partial charge is 0.411 e. The molecule has 0 fully saturated rings. The molecule has 8 heteroatoms. The van der Waals surface area contributed by atoms with Gasteiger partial charge in [-0.25, -0.2) is 4.79 Å². The number of halogens is 1. The lowest BCUT2D eigenvalue weighted by atomic mass is 9.98. The number of carboxylic acids is 1. The summed E-state index contributed by atoms with van der Waals surface area (Å²) in [6, 6.07) is 20.6. The molecule has 1 atom stereocenters. The molecule has 1 unspecified atom stereocenters. The third-order valence-corrected chi connectivity index (χ3v) is 6.56. The quantitative estimate of drug-likeness (QED) is 0.337. The van der Waals surface area contributed by atoms with E-state index in [9.17, 15) is 14.4 Å². The first-order valence-corrected chi connectivity index (χ1v) is 11.9. The highest BCUT2D eigenvalue weighted by Crippen LogP contribution is 2.44. The van der Waals surface area contributed by atoms with Crippen molar-refractivity contribution < 1.29 is 24.2 Å².